The number of aromatic nitrogens is 2. The molecule has 32 heavy (non-hydrogen) atoms. The van der Waals surface area contributed by atoms with Crippen LogP contribution < -0.4 is 15.0 Å². The van der Waals surface area contributed by atoms with Crippen LogP contribution in [-0.2, 0) is 6.42 Å². The normalized spacial score (nSPS) is 11.7. The Hall–Kier alpha value is -3.16. The standard InChI is InChI=1S/C25H26N2O4S/c1-5-16-6-8-17(9-7-16)22-13-19-23(32-22)24(28)27(15-26-19)18-10-11-20(21(12-18)30-4)31-14-25(2,3)29/h6-13,15,29H,5,14H2,1-4H3. The third-order valence-electron chi connectivity index (χ3n) is 5.09. The number of thiophene rings is 1. The number of hydrogen-bond donors (Lipinski definition) is 1. The zero-order valence-corrected chi connectivity index (χ0v) is 19.4. The van der Waals surface area contributed by atoms with E-state index in [1.165, 1.54) is 34.9 Å². The highest BCUT2D eigenvalue weighted by Crippen LogP contribution is 2.32. The van der Waals surface area contributed by atoms with Crippen LogP contribution in [0.3, 0.4) is 0 Å². The first-order valence-corrected chi connectivity index (χ1v) is 11.2. The highest BCUT2D eigenvalue weighted by atomic mass is 32.1. The fraction of sp³-hybridized carbons (Fsp3) is 0.280. The first-order valence-electron chi connectivity index (χ1n) is 10.4. The Morgan fingerprint density at radius 2 is 1.84 bits per heavy atom. The molecule has 0 amide bonds. The lowest BCUT2D eigenvalue weighted by molar-refractivity contribution is 0.0276. The Bertz CT molecular complexity index is 1300. The van der Waals surface area contributed by atoms with Crippen LogP contribution in [0.2, 0.25) is 0 Å². The molecule has 0 aliphatic rings. The van der Waals surface area contributed by atoms with Gasteiger partial charge < -0.3 is 14.6 Å². The molecule has 2 aromatic carbocycles. The summed E-state index contributed by atoms with van der Waals surface area (Å²) >= 11 is 1.44. The lowest BCUT2D eigenvalue weighted by Crippen LogP contribution is -2.28. The molecule has 4 rings (SSSR count). The smallest absolute Gasteiger partial charge is 0.275 e. The van der Waals surface area contributed by atoms with Crippen LogP contribution in [0.25, 0.3) is 26.3 Å². The van der Waals surface area contributed by atoms with Gasteiger partial charge >= 0.3 is 0 Å². The Morgan fingerprint density at radius 1 is 1.09 bits per heavy atom. The van der Waals surface area contributed by atoms with E-state index < -0.39 is 5.60 Å². The van der Waals surface area contributed by atoms with E-state index in [-0.39, 0.29) is 12.2 Å². The molecule has 2 heterocycles. The summed E-state index contributed by atoms with van der Waals surface area (Å²) in [7, 11) is 1.54. The van der Waals surface area contributed by atoms with Crippen LogP contribution in [-0.4, -0.2) is 34.0 Å². The summed E-state index contributed by atoms with van der Waals surface area (Å²) in [6.45, 7) is 5.58. The summed E-state index contributed by atoms with van der Waals surface area (Å²) in [5.74, 6) is 0.969. The van der Waals surface area contributed by atoms with E-state index in [1.54, 1.807) is 32.0 Å². The third-order valence-corrected chi connectivity index (χ3v) is 6.25. The van der Waals surface area contributed by atoms with E-state index in [2.05, 4.69) is 36.2 Å². The molecule has 4 aromatic rings. The Kier molecular flexibility index (Phi) is 6.04. The van der Waals surface area contributed by atoms with Gasteiger partial charge in [0.05, 0.1) is 23.9 Å². The number of ether oxygens (including phenoxy) is 2. The van der Waals surface area contributed by atoms with Crippen molar-refractivity contribution in [3.8, 4) is 27.6 Å². The minimum atomic E-state index is -0.969. The quantitative estimate of drug-likeness (QED) is 0.436. The topological polar surface area (TPSA) is 73.6 Å². The number of rotatable bonds is 7. The molecule has 0 radical (unpaired) electrons. The van der Waals surface area contributed by atoms with E-state index in [9.17, 15) is 9.90 Å². The van der Waals surface area contributed by atoms with Crippen LogP contribution in [0, 0.1) is 0 Å². The molecule has 7 heteroatoms. The number of nitrogens with zero attached hydrogens (tertiary/aromatic N) is 2. The van der Waals surface area contributed by atoms with Crippen molar-refractivity contribution < 1.29 is 14.6 Å². The van der Waals surface area contributed by atoms with Gasteiger partial charge in [0, 0.05) is 10.9 Å². The van der Waals surface area contributed by atoms with Gasteiger partial charge in [0.25, 0.3) is 5.56 Å². The second-order valence-corrected chi connectivity index (χ2v) is 9.28. The molecule has 0 aliphatic heterocycles. The van der Waals surface area contributed by atoms with Gasteiger partial charge in [-0.3, -0.25) is 9.36 Å². The summed E-state index contributed by atoms with van der Waals surface area (Å²) < 4.78 is 13.2. The number of aryl methyl sites for hydroxylation is 1. The summed E-state index contributed by atoms with van der Waals surface area (Å²) in [5, 5.41) is 9.90. The predicted molar refractivity (Wildman–Crippen MR) is 128 cm³/mol. The van der Waals surface area contributed by atoms with Crippen LogP contribution in [0.4, 0.5) is 0 Å². The Balaban J connectivity index is 1.70. The molecular formula is C25H26N2O4S. The van der Waals surface area contributed by atoms with E-state index in [4.69, 9.17) is 9.47 Å². The van der Waals surface area contributed by atoms with Gasteiger partial charge in [-0.15, -0.1) is 11.3 Å². The zero-order valence-electron chi connectivity index (χ0n) is 18.6. The zero-order chi connectivity index (χ0) is 22.9. The third kappa shape index (κ3) is 4.54. The van der Waals surface area contributed by atoms with Crippen molar-refractivity contribution in [2.24, 2.45) is 0 Å². The second-order valence-electron chi connectivity index (χ2n) is 8.23. The highest BCUT2D eigenvalue weighted by molar-refractivity contribution is 7.22. The van der Waals surface area contributed by atoms with E-state index in [1.807, 2.05) is 6.07 Å². The fourth-order valence-corrected chi connectivity index (χ4v) is 4.37. The minimum Gasteiger partial charge on any atom is -0.493 e. The van der Waals surface area contributed by atoms with Crippen molar-refractivity contribution in [3.05, 3.63) is 70.8 Å². The largest absolute Gasteiger partial charge is 0.493 e. The SMILES string of the molecule is CCc1ccc(-c2cc3ncn(-c4ccc(OCC(C)(C)O)c(OC)c4)c(=O)c3s2)cc1. The van der Waals surface area contributed by atoms with Gasteiger partial charge in [-0.25, -0.2) is 4.98 Å². The van der Waals surface area contributed by atoms with E-state index in [0.717, 1.165) is 16.9 Å². The van der Waals surface area contributed by atoms with Crippen LogP contribution in [0.5, 0.6) is 11.5 Å². The molecule has 2 aromatic heterocycles. The summed E-state index contributed by atoms with van der Waals surface area (Å²) in [6.07, 6.45) is 2.53. The first kappa shape index (κ1) is 22.0. The van der Waals surface area contributed by atoms with Gasteiger partial charge in [-0.1, -0.05) is 31.2 Å². The number of methoxy groups -OCH3 is 1. The van der Waals surface area contributed by atoms with Gasteiger partial charge in [0.2, 0.25) is 0 Å². The average Bonchev–Trinajstić information content (AvgIpc) is 3.23. The molecule has 0 aliphatic carbocycles. The second kappa shape index (κ2) is 8.76. The summed E-state index contributed by atoms with van der Waals surface area (Å²) in [6, 6.07) is 15.6. The van der Waals surface area contributed by atoms with Gasteiger partial charge in [-0.2, -0.15) is 0 Å². The summed E-state index contributed by atoms with van der Waals surface area (Å²) in [5.41, 5.74) is 2.56. The molecule has 0 fully saturated rings. The number of benzene rings is 2. The van der Waals surface area contributed by atoms with Crippen molar-refractivity contribution in [2.45, 2.75) is 32.8 Å². The average molecular weight is 451 g/mol. The molecule has 0 bridgehead atoms. The van der Waals surface area contributed by atoms with Gasteiger partial charge in [-0.05, 0) is 49.6 Å². The minimum absolute atomic E-state index is 0.118. The maximum Gasteiger partial charge on any atom is 0.275 e. The van der Waals surface area contributed by atoms with E-state index in [0.29, 0.717) is 27.4 Å². The molecule has 0 spiro atoms. The molecular weight excluding hydrogens is 424 g/mol. The Labute approximate surface area is 190 Å². The molecule has 0 saturated carbocycles. The fourth-order valence-electron chi connectivity index (χ4n) is 3.32. The molecule has 0 unspecified atom stereocenters. The molecule has 0 saturated heterocycles. The van der Waals surface area contributed by atoms with Crippen molar-refractivity contribution in [3.63, 3.8) is 0 Å². The van der Waals surface area contributed by atoms with Crippen molar-refractivity contribution in [2.75, 3.05) is 13.7 Å². The van der Waals surface area contributed by atoms with Crippen LogP contribution in [0.15, 0.2) is 59.7 Å². The van der Waals surface area contributed by atoms with E-state index >= 15 is 0 Å². The first-order chi connectivity index (χ1) is 15.3. The van der Waals surface area contributed by atoms with Crippen LogP contribution in [0.1, 0.15) is 26.3 Å². The number of hydrogen-bond acceptors (Lipinski definition) is 6. The van der Waals surface area contributed by atoms with Gasteiger partial charge in [0.1, 0.15) is 17.6 Å². The highest BCUT2D eigenvalue weighted by Gasteiger charge is 2.17. The Morgan fingerprint density at radius 3 is 2.50 bits per heavy atom. The van der Waals surface area contributed by atoms with Crippen molar-refractivity contribution in [1.29, 1.82) is 0 Å². The lowest BCUT2D eigenvalue weighted by Gasteiger charge is -2.19. The maximum absolute atomic E-state index is 13.2. The van der Waals surface area contributed by atoms with Crippen LogP contribution >= 0.6 is 11.3 Å². The molecule has 166 valence electrons. The molecule has 1 N–H and O–H groups in total. The maximum atomic E-state index is 13.2. The summed E-state index contributed by atoms with van der Waals surface area (Å²) in [4.78, 5) is 18.8. The number of fused-ring (bicyclic) bond motifs is 1. The van der Waals surface area contributed by atoms with Crippen molar-refractivity contribution in [1.82, 2.24) is 9.55 Å². The molecule has 6 nitrogen and oxygen atoms in total. The molecule has 0 atom stereocenters. The number of aliphatic hydroxyl groups is 1. The van der Waals surface area contributed by atoms with Crippen molar-refractivity contribution >= 4 is 21.6 Å². The lowest BCUT2D eigenvalue weighted by atomic mass is 10.1. The monoisotopic (exact) mass is 450 g/mol. The predicted octanol–water partition coefficient (Wildman–Crippen LogP) is 4.83. The van der Waals surface area contributed by atoms with Gasteiger partial charge in [0.15, 0.2) is 11.5 Å².